The maximum atomic E-state index is 5.86. The van der Waals surface area contributed by atoms with Crippen LogP contribution in [0, 0.1) is 13.8 Å². The fourth-order valence-corrected chi connectivity index (χ4v) is 2.75. The zero-order chi connectivity index (χ0) is 18.7. The normalized spacial score (nSPS) is 10.8. The molecule has 0 aliphatic heterocycles. The molecule has 6 nitrogen and oxygen atoms in total. The second-order valence-electron chi connectivity index (χ2n) is 6.30. The average molecular weight is 353 g/mol. The average Bonchev–Trinajstić information content (AvgIpc) is 2.95. The maximum absolute atomic E-state index is 5.86. The van der Waals surface area contributed by atoms with Gasteiger partial charge >= 0.3 is 0 Å². The summed E-state index contributed by atoms with van der Waals surface area (Å²) in [7, 11) is 1.64. The van der Waals surface area contributed by atoms with Gasteiger partial charge in [0.05, 0.1) is 18.9 Å². The lowest BCUT2D eigenvalue weighted by Gasteiger charge is -2.16. The lowest BCUT2D eigenvalue weighted by molar-refractivity contribution is 0.234. The van der Waals surface area contributed by atoms with Crippen molar-refractivity contribution < 1.29 is 14.0 Å². The topological polar surface area (TPSA) is 69.4 Å². The van der Waals surface area contributed by atoms with E-state index in [1.54, 1.807) is 13.3 Å². The quantitative estimate of drug-likeness (QED) is 0.680. The fourth-order valence-electron chi connectivity index (χ4n) is 2.75. The molecule has 0 amide bonds. The number of rotatable bonds is 6. The van der Waals surface area contributed by atoms with Gasteiger partial charge in [-0.15, -0.1) is 0 Å². The molecule has 2 heterocycles. The Labute approximate surface area is 153 Å². The van der Waals surface area contributed by atoms with E-state index in [1.165, 1.54) is 0 Å². The van der Waals surface area contributed by atoms with Crippen LogP contribution in [0.3, 0.4) is 0 Å². The largest absolute Gasteiger partial charge is 0.497 e. The molecule has 0 unspecified atom stereocenters. The lowest BCUT2D eigenvalue weighted by atomic mass is 10.1. The molecule has 0 saturated heterocycles. The van der Waals surface area contributed by atoms with Crippen molar-refractivity contribution in [3.05, 3.63) is 48.0 Å². The Balaban J connectivity index is 2.03. The van der Waals surface area contributed by atoms with E-state index in [0.717, 1.165) is 39.7 Å². The highest BCUT2D eigenvalue weighted by molar-refractivity contribution is 5.75. The molecule has 0 aliphatic rings. The molecule has 0 aliphatic carbocycles. The molecule has 6 heteroatoms. The molecule has 0 bridgehead atoms. The van der Waals surface area contributed by atoms with Crippen molar-refractivity contribution in [2.24, 2.45) is 0 Å². The lowest BCUT2D eigenvalue weighted by Crippen LogP contribution is -2.09. The van der Waals surface area contributed by atoms with Crippen molar-refractivity contribution in [1.29, 1.82) is 0 Å². The zero-order valence-corrected chi connectivity index (χ0v) is 15.7. The maximum Gasteiger partial charge on any atom is 0.237 e. The summed E-state index contributed by atoms with van der Waals surface area (Å²) < 4.78 is 16.4. The Hall–Kier alpha value is -3.02. The molecule has 3 aromatic rings. The van der Waals surface area contributed by atoms with E-state index in [0.29, 0.717) is 5.88 Å². The molecule has 0 radical (unpaired) electrons. The SMILES string of the molecule is COc1cccc(Nc2cc(-c3c(C)noc3C)cnc2OC(C)C)c1. The number of nitrogens with zero attached hydrogens (tertiary/aromatic N) is 2. The summed E-state index contributed by atoms with van der Waals surface area (Å²) in [5, 5.41) is 7.40. The third kappa shape index (κ3) is 3.79. The van der Waals surface area contributed by atoms with Crippen molar-refractivity contribution in [2.75, 3.05) is 12.4 Å². The number of hydrogen-bond acceptors (Lipinski definition) is 6. The Kier molecular flexibility index (Phi) is 5.11. The fraction of sp³-hybridized carbons (Fsp3) is 0.300. The summed E-state index contributed by atoms with van der Waals surface area (Å²) in [6.45, 7) is 7.75. The van der Waals surface area contributed by atoms with Gasteiger partial charge in [0, 0.05) is 29.1 Å². The van der Waals surface area contributed by atoms with Gasteiger partial charge in [0.1, 0.15) is 17.2 Å². The van der Waals surface area contributed by atoms with Gasteiger partial charge in [-0.3, -0.25) is 0 Å². The molecule has 136 valence electrons. The van der Waals surface area contributed by atoms with Crippen molar-refractivity contribution >= 4 is 11.4 Å². The number of nitrogens with one attached hydrogen (secondary N) is 1. The van der Waals surface area contributed by atoms with Gasteiger partial charge in [-0.2, -0.15) is 0 Å². The van der Waals surface area contributed by atoms with Gasteiger partial charge in [0.2, 0.25) is 5.88 Å². The van der Waals surface area contributed by atoms with Crippen LogP contribution in [-0.2, 0) is 0 Å². The van der Waals surface area contributed by atoms with Crippen LogP contribution in [0.15, 0.2) is 41.1 Å². The van der Waals surface area contributed by atoms with Crippen molar-refractivity contribution in [3.63, 3.8) is 0 Å². The summed E-state index contributed by atoms with van der Waals surface area (Å²) in [5.74, 6) is 2.07. The van der Waals surface area contributed by atoms with Gasteiger partial charge in [-0.1, -0.05) is 11.2 Å². The number of aryl methyl sites for hydroxylation is 2. The van der Waals surface area contributed by atoms with Gasteiger partial charge in [-0.25, -0.2) is 4.98 Å². The molecular weight excluding hydrogens is 330 g/mol. The van der Waals surface area contributed by atoms with Crippen molar-refractivity contribution in [2.45, 2.75) is 33.8 Å². The van der Waals surface area contributed by atoms with Crippen LogP contribution in [0.1, 0.15) is 25.3 Å². The summed E-state index contributed by atoms with van der Waals surface area (Å²) in [4.78, 5) is 4.51. The van der Waals surface area contributed by atoms with E-state index in [1.807, 2.05) is 58.0 Å². The van der Waals surface area contributed by atoms with Crippen LogP contribution in [0.25, 0.3) is 11.1 Å². The molecule has 3 rings (SSSR count). The Morgan fingerprint density at radius 3 is 2.62 bits per heavy atom. The first-order chi connectivity index (χ1) is 12.5. The van der Waals surface area contributed by atoms with Crippen LogP contribution < -0.4 is 14.8 Å². The number of ether oxygens (including phenoxy) is 2. The molecule has 0 fully saturated rings. The number of hydrogen-bond donors (Lipinski definition) is 1. The molecule has 0 spiro atoms. The van der Waals surface area contributed by atoms with E-state index in [-0.39, 0.29) is 6.10 Å². The van der Waals surface area contributed by atoms with Crippen molar-refractivity contribution in [3.8, 4) is 22.8 Å². The predicted octanol–water partition coefficient (Wildman–Crippen LogP) is 4.89. The van der Waals surface area contributed by atoms with Gasteiger partial charge in [-0.05, 0) is 45.9 Å². The predicted molar refractivity (Wildman–Crippen MR) is 101 cm³/mol. The highest BCUT2D eigenvalue weighted by Crippen LogP contribution is 2.34. The van der Waals surface area contributed by atoms with Crippen LogP contribution in [0.4, 0.5) is 11.4 Å². The highest BCUT2D eigenvalue weighted by Gasteiger charge is 2.16. The summed E-state index contributed by atoms with van der Waals surface area (Å²) in [5.41, 5.74) is 4.35. The Bertz CT molecular complexity index is 884. The number of anilines is 2. The molecular formula is C20H23N3O3. The molecule has 0 atom stereocenters. The van der Waals surface area contributed by atoms with Gasteiger partial charge in [0.25, 0.3) is 0 Å². The number of benzene rings is 1. The minimum atomic E-state index is 0.0123. The number of aromatic nitrogens is 2. The van der Waals surface area contributed by atoms with Crippen molar-refractivity contribution in [1.82, 2.24) is 10.1 Å². The van der Waals surface area contributed by atoms with E-state index < -0.39 is 0 Å². The smallest absolute Gasteiger partial charge is 0.237 e. The molecule has 1 aromatic carbocycles. The standard InChI is InChI=1S/C20H23N3O3/c1-12(2)25-20-18(22-16-7-6-8-17(10-16)24-5)9-15(11-21-20)19-13(3)23-26-14(19)4/h6-12,22H,1-5H3. The van der Waals surface area contributed by atoms with Gasteiger partial charge < -0.3 is 19.3 Å². The molecule has 2 aromatic heterocycles. The van der Waals surface area contributed by atoms with Crippen LogP contribution in [0.2, 0.25) is 0 Å². The second-order valence-corrected chi connectivity index (χ2v) is 6.30. The summed E-state index contributed by atoms with van der Waals surface area (Å²) in [6.07, 6.45) is 1.79. The minimum absolute atomic E-state index is 0.0123. The zero-order valence-electron chi connectivity index (χ0n) is 15.7. The van der Waals surface area contributed by atoms with Crippen LogP contribution in [0.5, 0.6) is 11.6 Å². The molecule has 1 N–H and O–H groups in total. The molecule has 26 heavy (non-hydrogen) atoms. The third-order valence-electron chi connectivity index (χ3n) is 3.87. The van der Waals surface area contributed by atoms with Crippen LogP contribution in [-0.4, -0.2) is 23.4 Å². The summed E-state index contributed by atoms with van der Waals surface area (Å²) in [6, 6.07) is 9.70. The number of pyridine rings is 1. The van der Waals surface area contributed by atoms with E-state index in [4.69, 9.17) is 14.0 Å². The van der Waals surface area contributed by atoms with E-state index in [9.17, 15) is 0 Å². The van der Waals surface area contributed by atoms with E-state index in [2.05, 4.69) is 15.5 Å². The summed E-state index contributed by atoms with van der Waals surface area (Å²) >= 11 is 0. The molecule has 0 saturated carbocycles. The minimum Gasteiger partial charge on any atom is -0.497 e. The Morgan fingerprint density at radius 2 is 1.96 bits per heavy atom. The van der Waals surface area contributed by atoms with E-state index >= 15 is 0 Å². The first-order valence-corrected chi connectivity index (χ1v) is 8.49. The van der Waals surface area contributed by atoms with Crippen LogP contribution >= 0.6 is 0 Å². The first kappa shape index (κ1) is 17.8. The van der Waals surface area contributed by atoms with Gasteiger partial charge in [0.15, 0.2) is 0 Å². The third-order valence-corrected chi connectivity index (χ3v) is 3.87. The first-order valence-electron chi connectivity index (χ1n) is 8.49. The number of methoxy groups -OCH3 is 1. The monoisotopic (exact) mass is 353 g/mol. The Morgan fingerprint density at radius 1 is 1.15 bits per heavy atom. The second kappa shape index (κ2) is 7.47. The highest BCUT2D eigenvalue weighted by atomic mass is 16.5.